The van der Waals surface area contributed by atoms with E-state index in [0.717, 1.165) is 18.4 Å². The number of anilines is 1. The van der Waals surface area contributed by atoms with E-state index in [1.807, 2.05) is 35.7 Å². The maximum absolute atomic E-state index is 13.3. The van der Waals surface area contributed by atoms with Crippen molar-refractivity contribution in [3.8, 4) is 11.3 Å². The van der Waals surface area contributed by atoms with Gasteiger partial charge in [0, 0.05) is 23.0 Å². The molecule has 7 heteroatoms. The maximum atomic E-state index is 13.3. The minimum atomic E-state index is -0.964. The van der Waals surface area contributed by atoms with Crippen molar-refractivity contribution in [1.82, 2.24) is 4.98 Å². The summed E-state index contributed by atoms with van der Waals surface area (Å²) in [5.41, 5.74) is 3.89. The zero-order chi connectivity index (χ0) is 21.3. The lowest BCUT2D eigenvalue weighted by Gasteiger charge is -2.25. The van der Waals surface area contributed by atoms with Crippen LogP contribution < -0.4 is 4.90 Å². The molecule has 1 unspecified atom stereocenters. The molecule has 3 aromatic rings. The van der Waals surface area contributed by atoms with Crippen LogP contribution in [0.25, 0.3) is 11.3 Å². The number of thiazole rings is 1. The Bertz CT molecular complexity index is 1070. The minimum absolute atomic E-state index is 0.0311. The predicted octanol–water partition coefficient (Wildman–Crippen LogP) is 4.93. The van der Waals surface area contributed by atoms with E-state index >= 15 is 0 Å². The van der Waals surface area contributed by atoms with Gasteiger partial charge in [0.25, 0.3) is 0 Å². The molecule has 0 spiro atoms. The molecule has 0 saturated carbocycles. The van der Waals surface area contributed by atoms with Gasteiger partial charge >= 0.3 is 5.97 Å². The number of rotatable bonds is 6. The average Bonchev–Trinajstić information content (AvgIpc) is 3.38. The summed E-state index contributed by atoms with van der Waals surface area (Å²) in [6.45, 7) is 0. The van der Waals surface area contributed by atoms with Gasteiger partial charge in [0.2, 0.25) is 5.91 Å². The molecule has 0 saturated heterocycles. The Morgan fingerprint density at radius 1 is 1.17 bits per heavy atom. The number of fused-ring (bicyclic) bond motifs is 1. The van der Waals surface area contributed by atoms with Crippen LogP contribution in [-0.4, -0.2) is 29.0 Å². The molecule has 2 aromatic carbocycles. The fourth-order valence-corrected chi connectivity index (χ4v) is 5.10. The number of carbonyl (C=O) groups excluding carboxylic acids is 1. The Kier molecular flexibility index (Phi) is 5.88. The van der Waals surface area contributed by atoms with E-state index in [4.69, 9.17) is 11.6 Å². The lowest BCUT2D eigenvalue weighted by Crippen LogP contribution is -2.38. The second-order valence-electron chi connectivity index (χ2n) is 7.53. The largest absolute Gasteiger partial charge is 0.481 e. The first-order valence-corrected chi connectivity index (χ1v) is 11.0. The van der Waals surface area contributed by atoms with Gasteiger partial charge in [0.15, 0.2) is 5.13 Å². The average molecular weight is 441 g/mol. The van der Waals surface area contributed by atoms with Gasteiger partial charge in [-0.15, -0.1) is 11.3 Å². The summed E-state index contributed by atoms with van der Waals surface area (Å²) in [6, 6.07) is 15.5. The van der Waals surface area contributed by atoms with Crippen LogP contribution in [0, 0.1) is 11.8 Å². The molecule has 0 aliphatic heterocycles. The second-order valence-corrected chi connectivity index (χ2v) is 8.78. The quantitative estimate of drug-likeness (QED) is 0.589. The number of aliphatic carboxylic acids is 1. The Balaban J connectivity index is 1.56. The molecular weight excluding hydrogens is 420 g/mol. The highest BCUT2D eigenvalue weighted by molar-refractivity contribution is 7.14. The third kappa shape index (κ3) is 4.11. The molecule has 5 nitrogen and oxygen atoms in total. The topological polar surface area (TPSA) is 70.5 Å². The van der Waals surface area contributed by atoms with Crippen molar-refractivity contribution in [2.75, 3.05) is 11.9 Å². The number of carboxylic acid groups (broad SMARTS) is 1. The van der Waals surface area contributed by atoms with Crippen LogP contribution in [0.5, 0.6) is 0 Å². The normalized spacial score (nSPS) is 14.3. The van der Waals surface area contributed by atoms with E-state index in [1.165, 1.54) is 27.4 Å². The molecule has 1 N–H and O–H groups in total. The highest BCUT2D eigenvalue weighted by atomic mass is 35.5. The van der Waals surface area contributed by atoms with Crippen LogP contribution in [0.4, 0.5) is 5.13 Å². The van der Waals surface area contributed by atoms with E-state index in [1.54, 1.807) is 13.1 Å². The monoisotopic (exact) mass is 440 g/mol. The Morgan fingerprint density at radius 3 is 2.43 bits per heavy atom. The van der Waals surface area contributed by atoms with Gasteiger partial charge in [-0.25, -0.2) is 4.98 Å². The van der Waals surface area contributed by atoms with Gasteiger partial charge in [0.05, 0.1) is 18.0 Å². The first-order chi connectivity index (χ1) is 14.4. The van der Waals surface area contributed by atoms with Crippen molar-refractivity contribution in [3.05, 3.63) is 70.1 Å². The first kappa shape index (κ1) is 20.6. The molecule has 4 rings (SSSR count). The van der Waals surface area contributed by atoms with Crippen molar-refractivity contribution >= 4 is 39.9 Å². The van der Waals surface area contributed by atoms with Gasteiger partial charge in [-0.05, 0) is 36.0 Å². The highest BCUT2D eigenvalue weighted by Gasteiger charge is 2.37. The number of amides is 1. The standard InChI is InChI=1S/C23H21ClN2O3S/c1-26(23-25-20(13-30-23)17-8-4-5-9-19(17)24)22(29)18(12-21(27)28)16-10-14-6-2-3-7-15(14)11-16/h2-9,13,16,18H,10-12H2,1H3,(H,27,28). The molecule has 0 bridgehead atoms. The molecule has 1 aliphatic rings. The fourth-order valence-electron chi connectivity index (χ4n) is 4.08. The summed E-state index contributed by atoms with van der Waals surface area (Å²) in [7, 11) is 1.66. The highest BCUT2D eigenvalue weighted by Crippen LogP contribution is 2.36. The lowest BCUT2D eigenvalue weighted by molar-refractivity contribution is -0.141. The van der Waals surface area contributed by atoms with Gasteiger partial charge in [-0.1, -0.05) is 54.1 Å². The third-order valence-electron chi connectivity index (χ3n) is 5.62. The molecule has 1 aromatic heterocycles. The van der Waals surface area contributed by atoms with E-state index in [0.29, 0.717) is 15.8 Å². The molecule has 1 heterocycles. The molecule has 1 atom stereocenters. The summed E-state index contributed by atoms with van der Waals surface area (Å²) in [5.74, 6) is -1.81. The van der Waals surface area contributed by atoms with E-state index in [-0.39, 0.29) is 18.2 Å². The number of hydrogen-bond acceptors (Lipinski definition) is 4. The number of carboxylic acids is 1. The van der Waals surface area contributed by atoms with Gasteiger partial charge in [0.1, 0.15) is 0 Å². The SMILES string of the molecule is CN(C(=O)C(CC(=O)O)C1Cc2ccccc2C1)c1nc(-c2ccccc2Cl)cs1. The fraction of sp³-hybridized carbons (Fsp3) is 0.261. The summed E-state index contributed by atoms with van der Waals surface area (Å²) < 4.78 is 0. The summed E-state index contributed by atoms with van der Waals surface area (Å²) in [6.07, 6.45) is 1.25. The third-order valence-corrected chi connectivity index (χ3v) is 6.87. The number of benzene rings is 2. The zero-order valence-electron chi connectivity index (χ0n) is 16.4. The lowest BCUT2D eigenvalue weighted by atomic mass is 9.86. The molecular formula is C23H21ClN2O3S. The van der Waals surface area contributed by atoms with Crippen LogP contribution in [0.1, 0.15) is 17.5 Å². The van der Waals surface area contributed by atoms with E-state index in [2.05, 4.69) is 17.1 Å². The number of halogens is 1. The smallest absolute Gasteiger partial charge is 0.304 e. The van der Waals surface area contributed by atoms with Crippen LogP contribution >= 0.6 is 22.9 Å². The number of aromatic nitrogens is 1. The van der Waals surface area contributed by atoms with Crippen molar-refractivity contribution in [3.63, 3.8) is 0 Å². The van der Waals surface area contributed by atoms with E-state index in [9.17, 15) is 14.7 Å². The molecule has 1 amide bonds. The second kappa shape index (κ2) is 8.58. The predicted molar refractivity (Wildman–Crippen MR) is 119 cm³/mol. The van der Waals surface area contributed by atoms with Crippen molar-refractivity contribution < 1.29 is 14.7 Å². The van der Waals surface area contributed by atoms with Crippen molar-refractivity contribution in [1.29, 1.82) is 0 Å². The van der Waals surface area contributed by atoms with Crippen LogP contribution in [0.2, 0.25) is 5.02 Å². The van der Waals surface area contributed by atoms with Gasteiger partial charge < -0.3 is 5.11 Å². The van der Waals surface area contributed by atoms with Gasteiger partial charge in [-0.3, -0.25) is 14.5 Å². The Morgan fingerprint density at radius 2 is 1.80 bits per heavy atom. The Hall–Kier alpha value is -2.70. The molecule has 1 aliphatic carbocycles. The van der Waals surface area contributed by atoms with Crippen LogP contribution in [-0.2, 0) is 22.4 Å². The van der Waals surface area contributed by atoms with Crippen LogP contribution in [0.15, 0.2) is 53.9 Å². The van der Waals surface area contributed by atoms with Crippen LogP contribution in [0.3, 0.4) is 0 Å². The minimum Gasteiger partial charge on any atom is -0.481 e. The summed E-state index contributed by atoms with van der Waals surface area (Å²) in [4.78, 5) is 30.9. The Labute approximate surface area is 183 Å². The number of hydrogen-bond donors (Lipinski definition) is 1. The first-order valence-electron chi connectivity index (χ1n) is 9.70. The van der Waals surface area contributed by atoms with Gasteiger partial charge in [-0.2, -0.15) is 0 Å². The van der Waals surface area contributed by atoms with E-state index < -0.39 is 11.9 Å². The molecule has 154 valence electrons. The van der Waals surface area contributed by atoms with Crippen molar-refractivity contribution in [2.24, 2.45) is 11.8 Å². The maximum Gasteiger partial charge on any atom is 0.304 e. The molecule has 30 heavy (non-hydrogen) atoms. The number of nitrogens with zero attached hydrogens (tertiary/aromatic N) is 2. The van der Waals surface area contributed by atoms with Crippen molar-refractivity contribution in [2.45, 2.75) is 19.3 Å². The summed E-state index contributed by atoms with van der Waals surface area (Å²) in [5, 5.41) is 12.4. The molecule has 0 fully saturated rings. The summed E-state index contributed by atoms with van der Waals surface area (Å²) >= 11 is 7.61. The molecule has 0 radical (unpaired) electrons. The zero-order valence-corrected chi connectivity index (χ0v) is 18.0. The number of carbonyl (C=O) groups is 2.